The van der Waals surface area contributed by atoms with E-state index in [9.17, 15) is 0 Å². The van der Waals surface area contributed by atoms with Gasteiger partial charge in [0.2, 0.25) is 0 Å². The van der Waals surface area contributed by atoms with E-state index in [-0.39, 0.29) is 6.04 Å². The largest absolute Gasteiger partial charge is 0.398 e. The first-order valence-corrected chi connectivity index (χ1v) is 6.97. The summed E-state index contributed by atoms with van der Waals surface area (Å²) >= 11 is 11.0. The molecule has 0 aliphatic heterocycles. The van der Waals surface area contributed by atoms with Crippen molar-refractivity contribution >= 4 is 44.6 Å². The third-order valence-corrected chi connectivity index (χ3v) is 4.47. The Hall–Kier alpha value is -0.590. The molecule has 5 N–H and O–H groups in total. The van der Waals surface area contributed by atoms with Crippen LogP contribution in [0.4, 0.5) is 5.69 Å². The second-order valence-corrected chi connectivity index (χ2v) is 5.58. The summed E-state index contributed by atoms with van der Waals surface area (Å²) in [5.41, 5.74) is 11.3. The third-order valence-electron chi connectivity index (χ3n) is 2.48. The first-order chi connectivity index (χ1) is 8.13. The average molecular weight is 333 g/mol. The molecule has 3 nitrogen and oxygen atoms in total. The Morgan fingerprint density at radius 3 is 2.59 bits per heavy atom. The molecule has 0 bridgehead atoms. The summed E-state index contributed by atoms with van der Waals surface area (Å²) in [5, 5.41) is 4.65. The third kappa shape index (κ3) is 2.64. The first-order valence-electron chi connectivity index (χ1n) is 4.86. The van der Waals surface area contributed by atoms with Gasteiger partial charge in [0.25, 0.3) is 0 Å². The van der Waals surface area contributed by atoms with Gasteiger partial charge >= 0.3 is 0 Å². The standard InChI is InChI=1S/C11H11BrClN3S/c12-9-5-17-4-8(9)11(16-15)7-2-1-6(13)3-10(7)14/h1-5,11,16H,14-15H2. The van der Waals surface area contributed by atoms with Crippen molar-refractivity contribution in [1.82, 2.24) is 5.43 Å². The molecule has 1 unspecified atom stereocenters. The van der Waals surface area contributed by atoms with Crippen molar-refractivity contribution in [2.45, 2.75) is 6.04 Å². The maximum absolute atomic E-state index is 5.96. The van der Waals surface area contributed by atoms with Crippen molar-refractivity contribution in [2.75, 3.05) is 5.73 Å². The molecular weight excluding hydrogens is 322 g/mol. The predicted octanol–water partition coefficient (Wildman–Crippen LogP) is 3.30. The maximum Gasteiger partial charge on any atom is 0.0749 e. The molecule has 0 radical (unpaired) electrons. The van der Waals surface area contributed by atoms with E-state index in [1.54, 1.807) is 23.5 Å². The van der Waals surface area contributed by atoms with Crippen LogP contribution in [0, 0.1) is 0 Å². The lowest BCUT2D eigenvalue weighted by Gasteiger charge is -2.18. The minimum absolute atomic E-state index is 0.145. The second-order valence-electron chi connectivity index (χ2n) is 3.55. The minimum atomic E-state index is -0.145. The number of nitrogens with one attached hydrogen (secondary N) is 1. The Kier molecular flexibility index (Phi) is 4.06. The molecule has 0 amide bonds. The van der Waals surface area contributed by atoms with Gasteiger partial charge in [0, 0.05) is 20.6 Å². The molecule has 1 aromatic carbocycles. The van der Waals surface area contributed by atoms with Crippen LogP contribution in [0.3, 0.4) is 0 Å². The Morgan fingerprint density at radius 1 is 1.29 bits per heavy atom. The molecule has 0 saturated heterocycles. The lowest BCUT2D eigenvalue weighted by Crippen LogP contribution is -2.29. The monoisotopic (exact) mass is 331 g/mol. The van der Waals surface area contributed by atoms with Crippen LogP contribution in [0.15, 0.2) is 33.4 Å². The summed E-state index contributed by atoms with van der Waals surface area (Å²) in [4.78, 5) is 0. The van der Waals surface area contributed by atoms with Gasteiger partial charge in [-0.15, -0.1) is 0 Å². The topological polar surface area (TPSA) is 64.1 Å². The highest BCUT2D eigenvalue weighted by molar-refractivity contribution is 9.10. The molecule has 2 aromatic rings. The normalized spacial score (nSPS) is 12.6. The van der Waals surface area contributed by atoms with Crippen LogP contribution in [0.25, 0.3) is 0 Å². The lowest BCUT2D eigenvalue weighted by atomic mass is 10.0. The molecule has 1 aromatic heterocycles. The highest BCUT2D eigenvalue weighted by Crippen LogP contribution is 2.34. The molecule has 1 heterocycles. The van der Waals surface area contributed by atoms with E-state index < -0.39 is 0 Å². The van der Waals surface area contributed by atoms with Crippen molar-refractivity contribution in [3.8, 4) is 0 Å². The van der Waals surface area contributed by atoms with Gasteiger partial charge in [-0.1, -0.05) is 17.7 Å². The summed E-state index contributed by atoms with van der Waals surface area (Å²) in [6.07, 6.45) is 0. The quantitative estimate of drug-likeness (QED) is 0.459. The highest BCUT2D eigenvalue weighted by atomic mass is 79.9. The van der Waals surface area contributed by atoms with Crippen molar-refractivity contribution in [3.05, 3.63) is 49.6 Å². The molecule has 1 atom stereocenters. The van der Waals surface area contributed by atoms with Crippen LogP contribution in [0.5, 0.6) is 0 Å². The number of hydrogen-bond donors (Lipinski definition) is 3. The predicted molar refractivity (Wildman–Crippen MR) is 77.0 cm³/mol. The molecule has 0 saturated carbocycles. The van der Waals surface area contributed by atoms with Crippen molar-refractivity contribution < 1.29 is 0 Å². The Labute approximate surface area is 117 Å². The number of hydrogen-bond acceptors (Lipinski definition) is 4. The van der Waals surface area contributed by atoms with Crippen LogP contribution in [-0.2, 0) is 0 Å². The van der Waals surface area contributed by atoms with E-state index in [4.69, 9.17) is 23.2 Å². The van der Waals surface area contributed by atoms with Gasteiger partial charge in [-0.2, -0.15) is 11.3 Å². The zero-order valence-electron chi connectivity index (χ0n) is 8.78. The molecule has 0 aliphatic rings. The molecular formula is C11H11BrClN3S. The maximum atomic E-state index is 5.96. The minimum Gasteiger partial charge on any atom is -0.398 e. The summed E-state index contributed by atoms with van der Waals surface area (Å²) in [7, 11) is 0. The van der Waals surface area contributed by atoms with E-state index in [0.29, 0.717) is 10.7 Å². The smallest absolute Gasteiger partial charge is 0.0749 e. The summed E-state index contributed by atoms with van der Waals surface area (Å²) < 4.78 is 1.01. The Balaban J connectivity index is 2.46. The average Bonchev–Trinajstić information content (AvgIpc) is 2.69. The van der Waals surface area contributed by atoms with Crippen LogP contribution in [0.2, 0.25) is 5.02 Å². The van der Waals surface area contributed by atoms with Crippen LogP contribution in [-0.4, -0.2) is 0 Å². The van der Waals surface area contributed by atoms with E-state index in [2.05, 4.69) is 21.4 Å². The van der Waals surface area contributed by atoms with Crippen LogP contribution >= 0.6 is 38.9 Å². The number of nitrogen functional groups attached to an aromatic ring is 1. The van der Waals surface area contributed by atoms with Gasteiger partial charge in [-0.3, -0.25) is 5.84 Å². The highest BCUT2D eigenvalue weighted by Gasteiger charge is 2.18. The van der Waals surface area contributed by atoms with Gasteiger partial charge in [-0.25, -0.2) is 5.43 Å². The van der Waals surface area contributed by atoms with E-state index >= 15 is 0 Å². The van der Waals surface area contributed by atoms with E-state index in [1.807, 2.05) is 16.8 Å². The number of thiophene rings is 1. The summed E-state index contributed by atoms with van der Waals surface area (Å²) in [5.74, 6) is 5.62. The summed E-state index contributed by atoms with van der Waals surface area (Å²) in [6.45, 7) is 0. The van der Waals surface area contributed by atoms with E-state index in [1.165, 1.54) is 0 Å². The number of hydrazine groups is 1. The lowest BCUT2D eigenvalue weighted by molar-refractivity contribution is 0.638. The SMILES string of the molecule is NNC(c1ccc(Cl)cc1N)c1cscc1Br. The molecule has 17 heavy (non-hydrogen) atoms. The molecule has 90 valence electrons. The molecule has 0 aliphatic carbocycles. The van der Waals surface area contributed by atoms with E-state index in [0.717, 1.165) is 15.6 Å². The van der Waals surface area contributed by atoms with Gasteiger partial charge in [0.15, 0.2) is 0 Å². The fourth-order valence-corrected chi connectivity index (χ4v) is 3.39. The van der Waals surface area contributed by atoms with Crippen molar-refractivity contribution in [2.24, 2.45) is 5.84 Å². The van der Waals surface area contributed by atoms with Crippen molar-refractivity contribution in [1.29, 1.82) is 0 Å². The molecule has 6 heteroatoms. The van der Waals surface area contributed by atoms with Gasteiger partial charge < -0.3 is 5.73 Å². The Morgan fingerprint density at radius 2 is 2.06 bits per heavy atom. The van der Waals surface area contributed by atoms with Gasteiger partial charge in [-0.05, 0) is 44.6 Å². The second kappa shape index (κ2) is 5.37. The molecule has 2 rings (SSSR count). The van der Waals surface area contributed by atoms with Crippen LogP contribution in [0.1, 0.15) is 17.2 Å². The van der Waals surface area contributed by atoms with Gasteiger partial charge in [0.05, 0.1) is 6.04 Å². The molecule has 0 spiro atoms. The zero-order chi connectivity index (χ0) is 12.4. The van der Waals surface area contributed by atoms with Crippen LogP contribution < -0.4 is 17.0 Å². The number of rotatable bonds is 3. The number of nitrogens with two attached hydrogens (primary N) is 2. The fourth-order valence-electron chi connectivity index (χ4n) is 1.65. The number of anilines is 1. The Bertz CT molecular complexity index is 529. The zero-order valence-corrected chi connectivity index (χ0v) is 11.9. The number of benzene rings is 1. The van der Waals surface area contributed by atoms with Crippen molar-refractivity contribution in [3.63, 3.8) is 0 Å². The van der Waals surface area contributed by atoms with Gasteiger partial charge in [0.1, 0.15) is 0 Å². The molecule has 0 fully saturated rings. The summed E-state index contributed by atoms with van der Waals surface area (Å²) in [6, 6.07) is 5.26. The number of halogens is 2. The first kappa shape index (κ1) is 12.9. The fraction of sp³-hybridized carbons (Fsp3) is 0.0909.